The van der Waals surface area contributed by atoms with E-state index in [1.807, 2.05) is 0 Å². The Morgan fingerprint density at radius 3 is 2.62 bits per heavy atom. The summed E-state index contributed by atoms with van der Waals surface area (Å²) in [7, 11) is -3.99. The van der Waals surface area contributed by atoms with Crippen molar-refractivity contribution in [3.63, 3.8) is 0 Å². The van der Waals surface area contributed by atoms with Crippen molar-refractivity contribution in [2.75, 3.05) is 23.1 Å². The number of aromatic nitrogens is 3. The molecule has 39 heavy (non-hydrogen) atoms. The molecule has 0 spiro atoms. The predicted octanol–water partition coefficient (Wildman–Crippen LogP) is 4.71. The highest BCUT2D eigenvalue weighted by Crippen LogP contribution is 2.34. The summed E-state index contributed by atoms with van der Waals surface area (Å²) in [6.45, 7) is 1.78. The largest absolute Gasteiger partial charge is 0.435 e. The van der Waals surface area contributed by atoms with Crippen LogP contribution >= 0.6 is 0 Å². The fraction of sp³-hybridized carbons (Fsp3) is 0.222. The molecule has 0 radical (unpaired) electrons. The first-order chi connectivity index (χ1) is 18.9. The first-order valence-electron chi connectivity index (χ1n) is 12.3. The van der Waals surface area contributed by atoms with E-state index in [0.717, 1.165) is 38.1 Å². The van der Waals surface area contributed by atoms with E-state index in [1.165, 1.54) is 6.20 Å². The fourth-order valence-electron chi connectivity index (χ4n) is 4.19. The van der Waals surface area contributed by atoms with Crippen LogP contribution in [0.3, 0.4) is 0 Å². The second-order valence-corrected chi connectivity index (χ2v) is 10.7. The highest BCUT2D eigenvalue weighted by molar-refractivity contribution is 7.91. The van der Waals surface area contributed by atoms with E-state index >= 15 is 4.39 Å². The summed E-state index contributed by atoms with van der Waals surface area (Å²) < 4.78 is 62.7. The molecule has 1 aliphatic heterocycles. The van der Waals surface area contributed by atoms with Crippen molar-refractivity contribution in [2.24, 2.45) is 0 Å². The van der Waals surface area contributed by atoms with Crippen LogP contribution in [-0.4, -0.2) is 42.5 Å². The van der Waals surface area contributed by atoms with Gasteiger partial charge in [-0.1, -0.05) is 30.3 Å². The maximum Gasteiger partial charge on any atom is 0.237 e. The zero-order valence-corrected chi connectivity index (χ0v) is 21.6. The molecule has 2 aromatic carbocycles. The summed E-state index contributed by atoms with van der Waals surface area (Å²) >= 11 is 0. The summed E-state index contributed by atoms with van der Waals surface area (Å²) in [5.41, 5.74) is 0.899. The number of halogens is 2. The van der Waals surface area contributed by atoms with E-state index in [9.17, 15) is 12.8 Å². The molecule has 4 aromatic rings. The number of anilines is 2. The number of nitrogens with zero attached hydrogens (tertiary/aromatic N) is 3. The van der Waals surface area contributed by atoms with E-state index in [-0.39, 0.29) is 11.9 Å². The van der Waals surface area contributed by atoms with Gasteiger partial charge in [0.1, 0.15) is 0 Å². The highest BCUT2D eigenvalue weighted by atomic mass is 32.2. The molecule has 3 heterocycles. The number of nitrogens with one attached hydrogen (secondary N) is 3. The molecule has 1 unspecified atom stereocenters. The third-order valence-corrected chi connectivity index (χ3v) is 7.30. The van der Waals surface area contributed by atoms with Gasteiger partial charge in [0.25, 0.3) is 0 Å². The van der Waals surface area contributed by atoms with Crippen LogP contribution in [0.15, 0.2) is 73.1 Å². The SMILES string of the molecule is O=S(=O)(Cc1ccccc1)Nc1ccc(Oc2ncccc2-c2ccnc(NC3CCCNC3)n2)c(F)c1F. The molecule has 12 heteroatoms. The molecule has 3 N–H and O–H groups in total. The van der Waals surface area contributed by atoms with Gasteiger partial charge in [0.05, 0.1) is 22.7 Å². The average Bonchev–Trinajstić information content (AvgIpc) is 2.94. The molecule has 1 saturated heterocycles. The third kappa shape index (κ3) is 6.65. The topological polar surface area (TPSA) is 118 Å². The van der Waals surface area contributed by atoms with Crippen molar-refractivity contribution in [3.8, 4) is 22.9 Å². The molecule has 0 bridgehead atoms. The van der Waals surface area contributed by atoms with Crippen LogP contribution in [0.5, 0.6) is 11.6 Å². The van der Waals surface area contributed by atoms with Gasteiger partial charge in [0.2, 0.25) is 27.7 Å². The van der Waals surface area contributed by atoms with Crippen molar-refractivity contribution >= 4 is 21.7 Å². The minimum Gasteiger partial charge on any atom is -0.435 e. The second kappa shape index (κ2) is 11.7. The molecule has 0 amide bonds. The molecule has 5 rings (SSSR count). The predicted molar refractivity (Wildman–Crippen MR) is 144 cm³/mol. The van der Waals surface area contributed by atoms with Crippen LogP contribution in [0.4, 0.5) is 20.4 Å². The van der Waals surface area contributed by atoms with Gasteiger partial charge in [0.15, 0.2) is 11.6 Å². The van der Waals surface area contributed by atoms with Gasteiger partial charge in [-0.3, -0.25) is 4.72 Å². The second-order valence-electron chi connectivity index (χ2n) is 9.00. The fourth-order valence-corrected chi connectivity index (χ4v) is 5.39. The lowest BCUT2D eigenvalue weighted by Crippen LogP contribution is -2.38. The highest BCUT2D eigenvalue weighted by Gasteiger charge is 2.21. The van der Waals surface area contributed by atoms with Gasteiger partial charge in [-0.15, -0.1) is 0 Å². The van der Waals surface area contributed by atoms with E-state index < -0.39 is 38.8 Å². The van der Waals surface area contributed by atoms with Crippen LogP contribution in [0, 0.1) is 11.6 Å². The van der Waals surface area contributed by atoms with E-state index in [1.54, 1.807) is 54.7 Å². The van der Waals surface area contributed by atoms with Gasteiger partial charge in [-0.05, 0) is 55.3 Å². The number of hydrogen-bond donors (Lipinski definition) is 3. The van der Waals surface area contributed by atoms with Gasteiger partial charge in [-0.25, -0.2) is 27.8 Å². The van der Waals surface area contributed by atoms with Gasteiger partial charge in [-0.2, -0.15) is 4.39 Å². The Morgan fingerprint density at radius 2 is 1.82 bits per heavy atom. The quantitative estimate of drug-likeness (QED) is 0.273. The van der Waals surface area contributed by atoms with Crippen molar-refractivity contribution in [3.05, 3.63) is 90.3 Å². The molecule has 1 aliphatic rings. The monoisotopic (exact) mass is 552 g/mol. The maximum absolute atomic E-state index is 15.0. The minimum atomic E-state index is -3.99. The van der Waals surface area contributed by atoms with Crippen LogP contribution in [-0.2, 0) is 15.8 Å². The minimum absolute atomic E-state index is 0.00260. The third-order valence-electron chi connectivity index (χ3n) is 6.05. The lowest BCUT2D eigenvalue weighted by molar-refractivity contribution is 0.407. The molecule has 0 aliphatic carbocycles. The maximum atomic E-state index is 15.0. The molecule has 202 valence electrons. The molecule has 1 fully saturated rings. The normalized spacial score (nSPS) is 15.5. The van der Waals surface area contributed by atoms with Crippen molar-refractivity contribution in [1.29, 1.82) is 0 Å². The first-order valence-corrected chi connectivity index (χ1v) is 14.0. The number of piperidine rings is 1. The molecular formula is C27H26F2N6O3S. The van der Waals surface area contributed by atoms with E-state index in [0.29, 0.717) is 22.8 Å². The van der Waals surface area contributed by atoms with Crippen LogP contribution in [0.25, 0.3) is 11.3 Å². The lowest BCUT2D eigenvalue weighted by atomic mass is 10.1. The van der Waals surface area contributed by atoms with E-state index in [2.05, 4.69) is 30.3 Å². The number of rotatable bonds is 9. The Morgan fingerprint density at radius 1 is 0.974 bits per heavy atom. The Labute approximate surface area is 224 Å². The zero-order valence-electron chi connectivity index (χ0n) is 20.8. The van der Waals surface area contributed by atoms with Crippen molar-refractivity contribution < 1.29 is 21.9 Å². The first kappa shape index (κ1) is 26.4. The van der Waals surface area contributed by atoms with Gasteiger partial charge < -0.3 is 15.4 Å². The number of pyridine rings is 1. The van der Waals surface area contributed by atoms with Crippen molar-refractivity contribution in [2.45, 2.75) is 24.6 Å². The number of ether oxygens (including phenoxy) is 1. The Bertz CT molecular complexity index is 1550. The molecule has 0 saturated carbocycles. The summed E-state index contributed by atoms with van der Waals surface area (Å²) in [5.74, 6) is -3.17. The van der Waals surface area contributed by atoms with Gasteiger partial charge >= 0.3 is 0 Å². The number of benzene rings is 2. The average molecular weight is 553 g/mol. The number of hydrogen-bond acceptors (Lipinski definition) is 8. The summed E-state index contributed by atoms with van der Waals surface area (Å²) in [6, 6.07) is 15.8. The zero-order chi connectivity index (χ0) is 27.2. The lowest BCUT2D eigenvalue weighted by Gasteiger charge is -2.23. The van der Waals surface area contributed by atoms with Gasteiger partial charge in [0, 0.05) is 25.0 Å². The van der Waals surface area contributed by atoms with Crippen LogP contribution in [0.1, 0.15) is 18.4 Å². The Hall–Kier alpha value is -4.16. The molecule has 1 atom stereocenters. The summed E-state index contributed by atoms with van der Waals surface area (Å²) in [5, 5.41) is 6.63. The molecule has 2 aromatic heterocycles. The molecule has 9 nitrogen and oxygen atoms in total. The Balaban J connectivity index is 1.35. The van der Waals surface area contributed by atoms with E-state index in [4.69, 9.17) is 4.74 Å². The number of sulfonamides is 1. The van der Waals surface area contributed by atoms with Crippen LogP contribution < -0.4 is 20.1 Å². The smallest absolute Gasteiger partial charge is 0.237 e. The van der Waals surface area contributed by atoms with Crippen LogP contribution in [0.2, 0.25) is 0 Å². The summed E-state index contributed by atoms with van der Waals surface area (Å²) in [4.78, 5) is 13.0. The standard InChI is InChI=1S/C27H26F2N6O3S/c28-24-22(35-39(36,37)17-18-6-2-1-3-7-18)10-11-23(25(24)29)38-26-20(9-5-14-31-26)21-12-15-32-27(34-21)33-19-8-4-13-30-16-19/h1-3,5-7,9-12,14-15,19,30,35H,4,8,13,16-17H2,(H,32,33,34). The summed E-state index contributed by atoms with van der Waals surface area (Å²) in [6.07, 6.45) is 5.08. The Kier molecular flexibility index (Phi) is 7.94. The molecular weight excluding hydrogens is 526 g/mol. The van der Waals surface area contributed by atoms with Crippen molar-refractivity contribution in [1.82, 2.24) is 20.3 Å².